The molecule has 2 aromatic rings. The number of aromatic nitrogens is 2. The molecule has 0 spiro atoms. The number of ether oxygens (including phenoxy) is 1. The lowest BCUT2D eigenvalue weighted by Crippen LogP contribution is -2.45. The monoisotopic (exact) mass is 354 g/mol. The highest BCUT2D eigenvalue weighted by atomic mass is 19.4. The number of halogens is 3. The van der Waals surface area contributed by atoms with Gasteiger partial charge in [0.25, 0.3) is 5.56 Å². The third-order valence-electron chi connectivity index (χ3n) is 3.22. The predicted molar refractivity (Wildman–Crippen MR) is 77.5 cm³/mol. The van der Waals surface area contributed by atoms with Crippen LogP contribution in [0.1, 0.15) is 21.6 Å². The molecule has 25 heavy (non-hydrogen) atoms. The third kappa shape index (κ3) is 3.09. The summed E-state index contributed by atoms with van der Waals surface area (Å²) in [6, 6.07) is 5.07. The van der Waals surface area contributed by atoms with Crippen LogP contribution in [0, 0.1) is 11.3 Å². The second-order valence-corrected chi connectivity index (χ2v) is 4.69. The minimum absolute atomic E-state index is 0.108. The number of nitrogens with two attached hydrogens (primary N) is 1. The molecule has 0 amide bonds. The summed E-state index contributed by atoms with van der Waals surface area (Å²) in [7, 11) is 1.05. The molecular weight excluding hydrogens is 345 g/mol. The largest absolute Gasteiger partial charge is 0.465 e. The molecule has 2 rings (SSSR count). The van der Waals surface area contributed by atoms with Gasteiger partial charge in [-0.2, -0.15) is 18.4 Å². The molecule has 1 aromatic heterocycles. The summed E-state index contributed by atoms with van der Waals surface area (Å²) in [5.74, 6) is 4.21. The number of benzene rings is 1. The Morgan fingerprint density at radius 1 is 1.28 bits per heavy atom. The lowest BCUT2D eigenvalue weighted by Gasteiger charge is -2.14. The fourth-order valence-electron chi connectivity index (χ4n) is 2.06. The van der Waals surface area contributed by atoms with E-state index in [1.807, 2.05) is 0 Å². The maximum absolute atomic E-state index is 12.8. The summed E-state index contributed by atoms with van der Waals surface area (Å²) in [5.41, 5.74) is -5.02. The number of carbonyl (C=O) groups excluding carboxylic acids is 1. The van der Waals surface area contributed by atoms with Crippen molar-refractivity contribution in [2.24, 2.45) is 0 Å². The van der Waals surface area contributed by atoms with Crippen molar-refractivity contribution in [2.45, 2.75) is 6.18 Å². The Morgan fingerprint density at radius 3 is 2.44 bits per heavy atom. The fraction of sp³-hybridized carbons (Fsp3) is 0.143. The van der Waals surface area contributed by atoms with Crippen LogP contribution in [0.5, 0.6) is 0 Å². The Bertz CT molecular complexity index is 1010. The van der Waals surface area contributed by atoms with Crippen molar-refractivity contribution in [3.63, 3.8) is 0 Å². The van der Waals surface area contributed by atoms with Crippen molar-refractivity contribution >= 4 is 5.97 Å². The number of methoxy groups -OCH3 is 1. The number of carbonyl (C=O) groups is 1. The summed E-state index contributed by atoms with van der Waals surface area (Å²) in [6.07, 6.45) is -5.01. The highest BCUT2D eigenvalue weighted by Crippen LogP contribution is 2.26. The smallest absolute Gasteiger partial charge is 0.433 e. The van der Waals surface area contributed by atoms with E-state index >= 15 is 0 Å². The first-order chi connectivity index (χ1) is 11.6. The van der Waals surface area contributed by atoms with E-state index in [1.165, 1.54) is 0 Å². The molecular formula is C14H9F3N4O4. The van der Waals surface area contributed by atoms with Crippen LogP contribution in [0.3, 0.4) is 0 Å². The van der Waals surface area contributed by atoms with Gasteiger partial charge in [-0.3, -0.25) is 4.79 Å². The molecule has 0 aliphatic rings. The van der Waals surface area contributed by atoms with Crippen molar-refractivity contribution in [3.8, 4) is 11.8 Å². The normalized spacial score (nSPS) is 11.0. The van der Waals surface area contributed by atoms with E-state index in [4.69, 9.17) is 11.1 Å². The number of nitrogen functional groups attached to an aromatic ring is 1. The summed E-state index contributed by atoms with van der Waals surface area (Å²) >= 11 is 0. The number of nitriles is 1. The molecule has 0 atom stereocenters. The van der Waals surface area contributed by atoms with E-state index < -0.39 is 29.1 Å². The van der Waals surface area contributed by atoms with E-state index in [2.05, 4.69) is 4.74 Å². The molecule has 0 saturated heterocycles. The average Bonchev–Trinajstić information content (AvgIpc) is 2.56. The van der Waals surface area contributed by atoms with Crippen LogP contribution < -0.4 is 17.1 Å². The highest BCUT2D eigenvalue weighted by Gasteiger charge is 2.35. The van der Waals surface area contributed by atoms with Crippen molar-refractivity contribution in [3.05, 3.63) is 61.9 Å². The van der Waals surface area contributed by atoms with E-state index in [1.54, 1.807) is 6.07 Å². The predicted octanol–water partition coefficient (Wildman–Crippen LogP) is 0.390. The SMILES string of the molecule is COC(=O)c1cc(-n2c(=O)cc(C(F)(F)F)n(N)c2=O)ccc1C#N. The van der Waals surface area contributed by atoms with Gasteiger partial charge >= 0.3 is 17.8 Å². The molecule has 0 saturated carbocycles. The Labute approximate surface area is 137 Å². The zero-order valence-electron chi connectivity index (χ0n) is 12.5. The van der Waals surface area contributed by atoms with Crippen LogP contribution in [-0.4, -0.2) is 22.3 Å². The Morgan fingerprint density at radius 2 is 1.92 bits per heavy atom. The quantitative estimate of drug-likeness (QED) is 0.615. The number of nitrogens with zero attached hydrogens (tertiary/aromatic N) is 3. The van der Waals surface area contributed by atoms with Gasteiger partial charge in [-0.1, -0.05) is 0 Å². The minimum atomic E-state index is -5.01. The van der Waals surface area contributed by atoms with Gasteiger partial charge in [0.1, 0.15) is 6.07 Å². The topological polar surface area (TPSA) is 120 Å². The maximum Gasteiger partial charge on any atom is 0.433 e. The minimum Gasteiger partial charge on any atom is -0.465 e. The molecule has 1 aromatic carbocycles. The van der Waals surface area contributed by atoms with Crippen LogP contribution in [0.4, 0.5) is 13.2 Å². The lowest BCUT2D eigenvalue weighted by molar-refractivity contribution is -0.143. The van der Waals surface area contributed by atoms with E-state index in [0.29, 0.717) is 4.57 Å². The number of rotatable bonds is 2. The number of hydrogen-bond donors (Lipinski definition) is 1. The molecule has 0 fully saturated rings. The highest BCUT2D eigenvalue weighted by molar-refractivity contribution is 5.92. The van der Waals surface area contributed by atoms with Gasteiger partial charge in [-0.15, -0.1) is 0 Å². The first kappa shape index (κ1) is 17.8. The van der Waals surface area contributed by atoms with Gasteiger partial charge in [-0.25, -0.2) is 18.8 Å². The van der Waals surface area contributed by atoms with Crippen LogP contribution >= 0.6 is 0 Å². The van der Waals surface area contributed by atoms with E-state index in [0.717, 1.165) is 25.3 Å². The first-order valence-corrected chi connectivity index (χ1v) is 6.46. The zero-order valence-corrected chi connectivity index (χ0v) is 12.5. The summed E-state index contributed by atoms with van der Waals surface area (Å²) in [4.78, 5) is 35.7. The van der Waals surface area contributed by atoms with Crippen LogP contribution in [0.15, 0.2) is 33.9 Å². The van der Waals surface area contributed by atoms with Gasteiger partial charge in [0.15, 0.2) is 5.69 Å². The van der Waals surface area contributed by atoms with Gasteiger partial charge in [-0.05, 0) is 18.2 Å². The summed E-state index contributed by atoms with van der Waals surface area (Å²) < 4.78 is 42.9. The summed E-state index contributed by atoms with van der Waals surface area (Å²) in [6.45, 7) is 0. The van der Waals surface area contributed by atoms with Crippen molar-refractivity contribution < 1.29 is 22.7 Å². The molecule has 0 aliphatic heterocycles. The summed E-state index contributed by atoms with van der Waals surface area (Å²) in [5, 5.41) is 8.97. The second-order valence-electron chi connectivity index (χ2n) is 4.69. The Balaban J connectivity index is 2.79. The van der Waals surface area contributed by atoms with Crippen molar-refractivity contribution in [1.29, 1.82) is 5.26 Å². The fourth-order valence-corrected chi connectivity index (χ4v) is 2.06. The van der Waals surface area contributed by atoms with Crippen molar-refractivity contribution in [2.75, 3.05) is 13.0 Å². The average molecular weight is 354 g/mol. The molecule has 2 N–H and O–H groups in total. The molecule has 8 nitrogen and oxygen atoms in total. The van der Waals surface area contributed by atoms with Crippen molar-refractivity contribution in [1.82, 2.24) is 9.24 Å². The molecule has 11 heteroatoms. The standard InChI is InChI=1S/C14H9F3N4O4/c1-25-12(23)9-4-8(3-2-7(9)6-18)20-11(22)5-10(14(15,16)17)21(19)13(20)24/h2-5H,19H2,1H3. The molecule has 0 unspecified atom stereocenters. The maximum atomic E-state index is 12.8. The van der Waals surface area contributed by atoms with E-state index in [9.17, 15) is 27.6 Å². The van der Waals surface area contributed by atoms with Crippen LogP contribution in [0.2, 0.25) is 0 Å². The van der Waals surface area contributed by atoms with Gasteiger partial charge in [0.05, 0.1) is 23.9 Å². The first-order valence-electron chi connectivity index (χ1n) is 6.46. The Hall–Kier alpha value is -3.55. The number of hydrogen-bond acceptors (Lipinski definition) is 6. The molecule has 0 radical (unpaired) electrons. The van der Waals surface area contributed by atoms with Crippen LogP contribution in [0.25, 0.3) is 5.69 Å². The lowest BCUT2D eigenvalue weighted by atomic mass is 10.1. The molecule has 130 valence electrons. The number of alkyl halides is 3. The molecule has 0 bridgehead atoms. The van der Waals surface area contributed by atoms with Gasteiger partial charge in [0.2, 0.25) is 0 Å². The Kier molecular flexibility index (Phi) is 4.38. The third-order valence-corrected chi connectivity index (χ3v) is 3.22. The number of esters is 1. The zero-order chi connectivity index (χ0) is 18.9. The van der Waals surface area contributed by atoms with Crippen LogP contribution in [-0.2, 0) is 10.9 Å². The van der Waals surface area contributed by atoms with Gasteiger partial charge < -0.3 is 10.6 Å². The molecule has 0 aliphatic carbocycles. The molecule has 1 heterocycles. The van der Waals surface area contributed by atoms with Gasteiger partial charge in [0, 0.05) is 6.07 Å². The second kappa shape index (κ2) is 6.16. The van der Waals surface area contributed by atoms with E-state index in [-0.39, 0.29) is 27.6 Å².